The average Bonchev–Trinajstić information content (AvgIpc) is 2.49. The van der Waals surface area contributed by atoms with Crippen molar-refractivity contribution in [2.45, 2.75) is 6.92 Å². The van der Waals surface area contributed by atoms with Crippen molar-refractivity contribution in [2.75, 3.05) is 0 Å². The van der Waals surface area contributed by atoms with Gasteiger partial charge in [0.2, 0.25) is 0 Å². The lowest BCUT2D eigenvalue weighted by Crippen LogP contribution is -1.89. The minimum absolute atomic E-state index is 0.311. The fraction of sp³-hybridized carbons (Fsp3) is 0.0909. The first-order chi connectivity index (χ1) is 6.29. The van der Waals surface area contributed by atoms with Crippen molar-refractivity contribution in [2.24, 2.45) is 0 Å². The van der Waals surface area contributed by atoms with Gasteiger partial charge in [-0.05, 0) is 25.1 Å². The highest BCUT2D eigenvalue weighted by Gasteiger charge is 2.03. The van der Waals surface area contributed by atoms with Crippen molar-refractivity contribution in [3.05, 3.63) is 48.2 Å². The second kappa shape index (κ2) is 2.98. The summed E-state index contributed by atoms with van der Waals surface area (Å²) in [5.74, 6) is 0.311. The average molecular weight is 173 g/mol. The zero-order valence-corrected chi connectivity index (χ0v) is 7.44. The molecule has 0 saturated heterocycles. The minimum Gasteiger partial charge on any atom is -0.494 e. The molecule has 0 aliphatic carbocycles. The predicted octanol–water partition coefficient (Wildman–Crippen LogP) is 2.49. The van der Waals surface area contributed by atoms with Gasteiger partial charge in [-0.15, -0.1) is 0 Å². The first-order valence-electron chi connectivity index (χ1n) is 4.21. The zero-order chi connectivity index (χ0) is 9.26. The number of hydrogen-bond donors (Lipinski definition) is 1. The molecule has 0 radical (unpaired) electrons. The summed E-state index contributed by atoms with van der Waals surface area (Å²) in [6.07, 6.45) is 1.86. The molecule has 66 valence electrons. The van der Waals surface area contributed by atoms with Crippen molar-refractivity contribution in [1.82, 2.24) is 4.57 Å². The summed E-state index contributed by atoms with van der Waals surface area (Å²) in [4.78, 5) is 0. The monoisotopic (exact) mass is 173 g/mol. The molecule has 0 unspecified atom stereocenters. The normalized spacial score (nSPS) is 10.2. The summed E-state index contributed by atoms with van der Waals surface area (Å²) in [6, 6.07) is 11.7. The van der Waals surface area contributed by atoms with Crippen molar-refractivity contribution in [3.63, 3.8) is 0 Å². The Kier molecular flexibility index (Phi) is 1.81. The first kappa shape index (κ1) is 7.92. The Morgan fingerprint density at radius 3 is 2.31 bits per heavy atom. The van der Waals surface area contributed by atoms with Crippen molar-refractivity contribution < 1.29 is 5.11 Å². The Labute approximate surface area is 77.1 Å². The number of benzene rings is 1. The van der Waals surface area contributed by atoms with Crippen molar-refractivity contribution in [3.8, 4) is 11.6 Å². The molecule has 1 aromatic carbocycles. The highest BCUT2D eigenvalue weighted by Crippen LogP contribution is 2.21. The van der Waals surface area contributed by atoms with Gasteiger partial charge in [0, 0.05) is 17.4 Å². The van der Waals surface area contributed by atoms with E-state index in [0.29, 0.717) is 5.88 Å². The quantitative estimate of drug-likeness (QED) is 0.704. The molecule has 2 rings (SSSR count). The van der Waals surface area contributed by atoms with Gasteiger partial charge >= 0.3 is 0 Å². The van der Waals surface area contributed by atoms with E-state index in [4.69, 9.17) is 0 Å². The molecule has 0 spiro atoms. The number of aromatic nitrogens is 1. The highest BCUT2D eigenvalue weighted by molar-refractivity contribution is 5.39. The molecular weight excluding hydrogens is 162 g/mol. The lowest BCUT2D eigenvalue weighted by atomic mass is 10.3. The van der Waals surface area contributed by atoms with Gasteiger partial charge in [0.25, 0.3) is 0 Å². The van der Waals surface area contributed by atoms with Crippen LogP contribution in [0.15, 0.2) is 42.6 Å². The predicted molar refractivity (Wildman–Crippen MR) is 52.2 cm³/mol. The van der Waals surface area contributed by atoms with Crippen LogP contribution in [0.5, 0.6) is 5.88 Å². The van der Waals surface area contributed by atoms with E-state index in [2.05, 4.69) is 0 Å². The molecular formula is C11H11NO. The van der Waals surface area contributed by atoms with E-state index in [9.17, 15) is 5.11 Å². The minimum atomic E-state index is 0.311. The molecule has 0 aliphatic heterocycles. The van der Waals surface area contributed by atoms with Gasteiger partial charge in [-0.25, -0.2) is 0 Å². The summed E-state index contributed by atoms with van der Waals surface area (Å²) < 4.78 is 1.76. The van der Waals surface area contributed by atoms with E-state index in [0.717, 1.165) is 11.3 Å². The number of aromatic hydroxyl groups is 1. The van der Waals surface area contributed by atoms with E-state index in [1.807, 2.05) is 49.5 Å². The fourth-order valence-electron chi connectivity index (χ4n) is 1.32. The summed E-state index contributed by atoms with van der Waals surface area (Å²) in [7, 11) is 0. The molecule has 0 fully saturated rings. The Morgan fingerprint density at radius 2 is 1.77 bits per heavy atom. The second-order valence-corrected chi connectivity index (χ2v) is 3.03. The van der Waals surface area contributed by atoms with Crippen LogP contribution in [0.4, 0.5) is 0 Å². The Balaban J connectivity index is 2.53. The number of hydrogen-bond acceptors (Lipinski definition) is 1. The maximum Gasteiger partial charge on any atom is 0.198 e. The molecule has 0 aliphatic rings. The zero-order valence-electron chi connectivity index (χ0n) is 7.44. The van der Waals surface area contributed by atoms with Gasteiger partial charge in [-0.2, -0.15) is 0 Å². The van der Waals surface area contributed by atoms with E-state index in [-0.39, 0.29) is 0 Å². The van der Waals surface area contributed by atoms with Crippen LogP contribution in [-0.2, 0) is 0 Å². The lowest BCUT2D eigenvalue weighted by Gasteiger charge is -2.03. The maximum atomic E-state index is 9.65. The molecule has 2 nitrogen and oxygen atoms in total. The Bertz CT molecular complexity index is 403. The Morgan fingerprint density at radius 1 is 1.08 bits per heavy atom. The fourth-order valence-corrected chi connectivity index (χ4v) is 1.32. The van der Waals surface area contributed by atoms with Crippen LogP contribution < -0.4 is 0 Å². The van der Waals surface area contributed by atoms with Crippen LogP contribution in [0.1, 0.15) is 5.56 Å². The number of para-hydroxylation sites is 1. The smallest absolute Gasteiger partial charge is 0.198 e. The lowest BCUT2D eigenvalue weighted by molar-refractivity contribution is 0.439. The van der Waals surface area contributed by atoms with Crippen LogP contribution in [0.3, 0.4) is 0 Å². The molecule has 0 atom stereocenters. The SMILES string of the molecule is Cc1ccn(-c2ccccc2)c1O. The summed E-state index contributed by atoms with van der Waals surface area (Å²) in [5.41, 5.74) is 1.87. The van der Waals surface area contributed by atoms with E-state index in [1.54, 1.807) is 4.57 Å². The first-order valence-corrected chi connectivity index (χ1v) is 4.21. The van der Waals surface area contributed by atoms with Gasteiger partial charge < -0.3 is 5.11 Å². The van der Waals surface area contributed by atoms with Crippen LogP contribution in [0.2, 0.25) is 0 Å². The highest BCUT2D eigenvalue weighted by atomic mass is 16.3. The number of rotatable bonds is 1. The molecule has 0 amide bonds. The van der Waals surface area contributed by atoms with Crippen LogP contribution in [0, 0.1) is 6.92 Å². The number of aryl methyl sites for hydroxylation is 1. The maximum absolute atomic E-state index is 9.65. The van der Waals surface area contributed by atoms with Crippen LogP contribution >= 0.6 is 0 Å². The van der Waals surface area contributed by atoms with Crippen LogP contribution in [-0.4, -0.2) is 9.67 Å². The summed E-state index contributed by atoms with van der Waals surface area (Å²) in [6.45, 7) is 1.88. The number of nitrogens with zero attached hydrogens (tertiary/aromatic N) is 1. The van der Waals surface area contributed by atoms with E-state index >= 15 is 0 Å². The molecule has 2 heteroatoms. The van der Waals surface area contributed by atoms with Gasteiger partial charge in [-0.1, -0.05) is 18.2 Å². The van der Waals surface area contributed by atoms with E-state index in [1.165, 1.54) is 0 Å². The molecule has 13 heavy (non-hydrogen) atoms. The van der Waals surface area contributed by atoms with Gasteiger partial charge in [0.05, 0.1) is 0 Å². The topological polar surface area (TPSA) is 25.2 Å². The van der Waals surface area contributed by atoms with Gasteiger partial charge in [0.1, 0.15) is 0 Å². The summed E-state index contributed by atoms with van der Waals surface area (Å²) >= 11 is 0. The van der Waals surface area contributed by atoms with Crippen molar-refractivity contribution in [1.29, 1.82) is 0 Å². The van der Waals surface area contributed by atoms with Gasteiger partial charge in [0.15, 0.2) is 5.88 Å². The third-order valence-electron chi connectivity index (χ3n) is 2.09. The molecule has 1 N–H and O–H groups in total. The van der Waals surface area contributed by atoms with E-state index < -0.39 is 0 Å². The van der Waals surface area contributed by atoms with Crippen LogP contribution in [0.25, 0.3) is 5.69 Å². The third-order valence-corrected chi connectivity index (χ3v) is 2.09. The molecule has 1 aromatic heterocycles. The largest absolute Gasteiger partial charge is 0.494 e. The third kappa shape index (κ3) is 1.31. The summed E-state index contributed by atoms with van der Waals surface area (Å²) in [5, 5.41) is 9.65. The van der Waals surface area contributed by atoms with Gasteiger partial charge in [-0.3, -0.25) is 4.57 Å². The van der Waals surface area contributed by atoms with Crippen molar-refractivity contribution >= 4 is 0 Å². The molecule has 0 saturated carbocycles. The Hall–Kier alpha value is -1.70. The molecule has 2 aromatic rings. The standard InChI is InChI=1S/C11H11NO/c1-9-7-8-12(11(9)13)10-5-3-2-4-6-10/h2-8,13H,1H3. The molecule has 1 heterocycles. The second-order valence-electron chi connectivity index (χ2n) is 3.03. The molecule has 0 bridgehead atoms.